The van der Waals surface area contributed by atoms with E-state index in [1.807, 2.05) is 24.3 Å². The van der Waals surface area contributed by atoms with Crippen LogP contribution in [-0.4, -0.2) is 16.0 Å². The molecule has 2 aromatic rings. The molecule has 4 rings (SSSR count). The number of carbonyl (C=O) groups excluding carboxylic acids is 1. The van der Waals surface area contributed by atoms with Gasteiger partial charge >= 0.3 is 0 Å². The number of hydrogen-bond donors (Lipinski definition) is 2. The highest BCUT2D eigenvalue weighted by atomic mass is 32.1. The number of aryl methyl sites for hydroxylation is 1. The molecule has 1 aromatic heterocycles. The molecule has 1 aliphatic heterocycles. The highest BCUT2D eigenvalue weighted by molar-refractivity contribution is 7.73. The van der Waals surface area contributed by atoms with Crippen molar-refractivity contribution in [3.05, 3.63) is 62.0 Å². The number of anilines is 1. The number of aromatic nitrogens is 2. The second-order valence-corrected chi connectivity index (χ2v) is 10.1. The van der Waals surface area contributed by atoms with E-state index in [-0.39, 0.29) is 11.2 Å². The Balaban J connectivity index is 1.97. The Morgan fingerprint density at radius 1 is 1.37 bits per heavy atom. The maximum absolute atomic E-state index is 13.4. The van der Waals surface area contributed by atoms with Crippen LogP contribution in [0, 0.1) is 20.7 Å². The lowest BCUT2D eigenvalue weighted by Crippen LogP contribution is -2.42. The monoisotopic (exact) mass is 437 g/mol. The summed E-state index contributed by atoms with van der Waals surface area (Å²) in [6.45, 7) is 6.24. The van der Waals surface area contributed by atoms with Crippen LogP contribution in [-0.2, 0) is 11.2 Å². The Hall–Kier alpha value is -2.76. The van der Waals surface area contributed by atoms with Crippen molar-refractivity contribution in [3.8, 4) is 6.07 Å². The van der Waals surface area contributed by atoms with Crippen molar-refractivity contribution < 1.29 is 4.79 Å². The van der Waals surface area contributed by atoms with E-state index in [0.29, 0.717) is 38.9 Å². The molecule has 0 fully saturated rings. The molecule has 0 saturated heterocycles. The number of nitrogens with one attached hydrogen (secondary N) is 1. The highest BCUT2D eigenvalue weighted by Gasteiger charge is 2.45. The summed E-state index contributed by atoms with van der Waals surface area (Å²) in [6, 6.07) is 10.4. The summed E-state index contributed by atoms with van der Waals surface area (Å²) in [4.78, 5) is 15.1. The molecule has 2 heterocycles. The molecule has 3 N–H and O–H groups in total. The molecule has 1 aliphatic carbocycles. The van der Waals surface area contributed by atoms with Gasteiger partial charge in [-0.3, -0.25) is 14.8 Å². The number of Topliss-reactive ketones (excluding diaryl/α,β-unsaturated/α-hetero) is 1. The summed E-state index contributed by atoms with van der Waals surface area (Å²) in [5.41, 5.74) is 10.3. The van der Waals surface area contributed by atoms with E-state index in [1.165, 1.54) is 16.9 Å². The first-order chi connectivity index (χ1) is 14.3. The van der Waals surface area contributed by atoms with Crippen LogP contribution in [0.1, 0.15) is 50.7 Å². The third-order valence-corrected chi connectivity index (χ3v) is 6.79. The molecule has 0 bridgehead atoms. The molecular formula is C22H23N5OS2. The van der Waals surface area contributed by atoms with E-state index in [9.17, 15) is 10.1 Å². The number of hydrogen-bond acceptors (Lipinski definition) is 7. The molecule has 0 radical (unpaired) electrons. The number of carbonyl (C=O) groups is 1. The van der Waals surface area contributed by atoms with Crippen molar-refractivity contribution in [3.63, 3.8) is 0 Å². The lowest BCUT2D eigenvalue weighted by molar-refractivity contribution is -0.118. The standard InChI is InChI=1S/C22H23N5OS2/c1-4-12-5-7-13(8-6-12)17-14(11-23)19(24)27(20-25-26-21(29)30-20)15-9-22(2,3)10-16(28)18(15)17/h5-8,17H,4,9-10,24H2,1-3H3,(H,26,29). The first-order valence-corrected chi connectivity index (χ1v) is 11.1. The van der Waals surface area contributed by atoms with Crippen LogP contribution in [0.2, 0.25) is 0 Å². The Morgan fingerprint density at radius 2 is 2.07 bits per heavy atom. The Kier molecular flexibility index (Phi) is 5.12. The van der Waals surface area contributed by atoms with Crippen molar-refractivity contribution in [2.75, 3.05) is 4.90 Å². The SMILES string of the molecule is CCc1ccc(C2C(C#N)=C(N)N(c3n[nH]c(=S)s3)C3=C2C(=O)CC(C)(C)C3)cc1. The minimum Gasteiger partial charge on any atom is -0.384 e. The minimum absolute atomic E-state index is 0.0511. The third kappa shape index (κ3) is 3.38. The lowest BCUT2D eigenvalue weighted by Gasteiger charge is -2.42. The van der Waals surface area contributed by atoms with Crippen molar-refractivity contribution in [2.24, 2.45) is 11.1 Å². The maximum atomic E-state index is 13.4. The number of nitriles is 1. The first kappa shape index (κ1) is 20.5. The van der Waals surface area contributed by atoms with Crippen molar-refractivity contribution >= 4 is 34.5 Å². The fourth-order valence-corrected chi connectivity index (χ4v) is 5.24. The number of benzene rings is 1. The van der Waals surface area contributed by atoms with Gasteiger partial charge in [0.1, 0.15) is 5.82 Å². The molecule has 30 heavy (non-hydrogen) atoms. The van der Waals surface area contributed by atoms with Gasteiger partial charge in [0.2, 0.25) is 5.13 Å². The maximum Gasteiger partial charge on any atom is 0.216 e. The Morgan fingerprint density at radius 3 is 2.63 bits per heavy atom. The zero-order chi connectivity index (χ0) is 21.6. The Labute approximate surface area is 184 Å². The lowest BCUT2D eigenvalue weighted by atomic mass is 9.68. The van der Waals surface area contributed by atoms with Gasteiger partial charge in [0.05, 0.1) is 17.6 Å². The van der Waals surface area contributed by atoms with E-state index in [1.54, 1.807) is 4.90 Å². The number of H-pyrrole nitrogens is 1. The molecule has 0 spiro atoms. The van der Waals surface area contributed by atoms with Gasteiger partial charge in [-0.1, -0.05) is 56.4 Å². The van der Waals surface area contributed by atoms with Crippen LogP contribution >= 0.6 is 23.6 Å². The number of rotatable bonds is 3. The summed E-state index contributed by atoms with van der Waals surface area (Å²) in [5, 5.41) is 17.7. The second kappa shape index (κ2) is 7.49. The van der Waals surface area contributed by atoms with Gasteiger partial charge in [-0.25, -0.2) is 0 Å². The van der Waals surface area contributed by atoms with Gasteiger partial charge in [0, 0.05) is 17.7 Å². The Bertz CT molecular complexity index is 1180. The quantitative estimate of drug-likeness (QED) is 0.675. The number of allylic oxidation sites excluding steroid dienone is 3. The van der Waals surface area contributed by atoms with Gasteiger partial charge < -0.3 is 5.73 Å². The molecule has 1 aromatic carbocycles. The average Bonchev–Trinajstić information content (AvgIpc) is 3.12. The molecule has 0 saturated carbocycles. The van der Waals surface area contributed by atoms with Crippen molar-refractivity contribution in [2.45, 2.75) is 46.0 Å². The molecule has 1 atom stereocenters. The number of nitrogens with zero attached hydrogens (tertiary/aromatic N) is 3. The fourth-order valence-electron chi connectivity index (χ4n) is 4.32. The molecule has 6 nitrogen and oxygen atoms in total. The van der Waals surface area contributed by atoms with Gasteiger partial charge in [0.25, 0.3) is 0 Å². The molecule has 2 aliphatic rings. The molecule has 0 amide bonds. The second-order valence-electron chi connectivity index (χ2n) is 8.47. The number of aromatic amines is 1. The van der Waals surface area contributed by atoms with Gasteiger partial charge in [-0.05, 0) is 41.6 Å². The number of ketones is 1. The van der Waals surface area contributed by atoms with Crippen LogP contribution in [0.5, 0.6) is 0 Å². The van der Waals surface area contributed by atoms with Crippen LogP contribution in [0.4, 0.5) is 5.13 Å². The zero-order valence-corrected chi connectivity index (χ0v) is 18.8. The van der Waals surface area contributed by atoms with Crippen LogP contribution in [0.3, 0.4) is 0 Å². The highest BCUT2D eigenvalue weighted by Crippen LogP contribution is 2.50. The van der Waals surface area contributed by atoms with E-state index in [2.05, 4.69) is 37.0 Å². The largest absolute Gasteiger partial charge is 0.384 e. The van der Waals surface area contributed by atoms with Gasteiger partial charge in [-0.15, -0.1) is 5.10 Å². The minimum atomic E-state index is -0.470. The summed E-state index contributed by atoms with van der Waals surface area (Å²) >= 11 is 6.48. The predicted molar refractivity (Wildman–Crippen MR) is 120 cm³/mol. The molecular weight excluding hydrogens is 414 g/mol. The summed E-state index contributed by atoms with van der Waals surface area (Å²) < 4.78 is 0.511. The van der Waals surface area contributed by atoms with Crippen molar-refractivity contribution in [1.82, 2.24) is 10.2 Å². The topological polar surface area (TPSA) is 98.8 Å². The zero-order valence-electron chi connectivity index (χ0n) is 17.2. The smallest absolute Gasteiger partial charge is 0.216 e. The predicted octanol–water partition coefficient (Wildman–Crippen LogP) is 4.70. The summed E-state index contributed by atoms with van der Waals surface area (Å²) in [5.74, 6) is -0.109. The van der Waals surface area contributed by atoms with E-state index in [4.69, 9.17) is 18.0 Å². The molecule has 154 valence electrons. The van der Waals surface area contributed by atoms with E-state index in [0.717, 1.165) is 17.7 Å². The van der Waals surface area contributed by atoms with Crippen molar-refractivity contribution in [1.29, 1.82) is 5.26 Å². The van der Waals surface area contributed by atoms with Crippen LogP contribution < -0.4 is 10.6 Å². The summed E-state index contributed by atoms with van der Waals surface area (Å²) in [6.07, 6.45) is 2.01. The van der Waals surface area contributed by atoms with Gasteiger partial charge in [-0.2, -0.15) is 5.26 Å². The normalized spacial score (nSPS) is 20.9. The van der Waals surface area contributed by atoms with E-state index >= 15 is 0 Å². The molecule has 8 heteroatoms. The fraction of sp³-hybridized carbons (Fsp3) is 0.364. The van der Waals surface area contributed by atoms with Crippen LogP contribution in [0.15, 0.2) is 46.9 Å². The van der Waals surface area contributed by atoms with Gasteiger partial charge in [0.15, 0.2) is 9.74 Å². The third-order valence-electron chi connectivity index (χ3n) is 5.72. The average molecular weight is 438 g/mol. The van der Waals surface area contributed by atoms with E-state index < -0.39 is 5.92 Å². The van der Waals surface area contributed by atoms with Crippen LogP contribution in [0.25, 0.3) is 0 Å². The summed E-state index contributed by atoms with van der Waals surface area (Å²) in [7, 11) is 0. The first-order valence-electron chi connectivity index (χ1n) is 9.86. The number of nitrogens with two attached hydrogens (primary N) is 1. The molecule has 1 unspecified atom stereocenters.